The number of aliphatic hydroxyl groups is 5. The Labute approximate surface area is 483 Å². The van der Waals surface area contributed by atoms with Gasteiger partial charge >= 0.3 is 35.8 Å². The molecule has 26 heteroatoms. The normalized spacial score (nSPS) is 30.0. The van der Waals surface area contributed by atoms with Crippen LogP contribution in [0, 0.1) is 27.1 Å². The van der Waals surface area contributed by atoms with E-state index in [2.05, 4.69) is 5.32 Å². The summed E-state index contributed by atoms with van der Waals surface area (Å²) in [4.78, 5) is 96.4. The Bertz CT molecular complexity index is 2370. The molecule has 0 aromatic heterocycles. The fourth-order valence-corrected chi connectivity index (χ4v) is 8.22. The van der Waals surface area contributed by atoms with Gasteiger partial charge in [0.05, 0.1) is 66.2 Å². The number of halogens is 1. The number of carbonyl (C=O) groups excluding carboxylic acids is 7. The molecule has 0 bridgehead atoms. The maximum Gasteiger partial charge on any atom is 0.366 e. The number of rotatable bonds is 19. The number of hydrogen-bond donors (Lipinski definition) is 6. The van der Waals surface area contributed by atoms with Crippen molar-refractivity contribution in [1.82, 2.24) is 5.32 Å². The van der Waals surface area contributed by atoms with Crippen molar-refractivity contribution in [2.24, 2.45) is 27.1 Å². The molecule has 466 valence electrons. The minimum atomic E-state index is -2.78. The first kappa shape index (κ1) is 69.9. The molecular formula is C56H86ClNO24. The average Bonchev–Trinajstić information content (AvgIpc) is 3.52. The van der Waals surface area contributed by atoms with Crippen molar-refractivity contribution in [2.75, 3.05) is 26.9 Å². The molecule has 0 radical (unpaired) electrons. The molecule has 1 aromatic carbocycles. The number of hydrogen-bond acceptors (Lipinski definition) is 24. The lowest BCUT2D eigenvalue weighted by Crippen LogP contribution is -2.69. The average molecular weight is 1190 g/mol. The van der Waals surface area contributed by atoms with Crippen LogP contribution in [0.2, 0.25) is 5.02 Å². The van der Waals surface area contributed by atoms with Crippen molar-refractivity contribution in [3.05, 3.63) is 34.9 Å². The highest BCUT2D eigenvalue weighted by molar-refractivity contribution is 6.30. The van der Waals surface area contributed by atoms with Crippen molar-refractivity contribution in [1.29, 1.82) is 0 Å². The number of benzene rings is 1. The fraction of sp³-hybridized carbons (Fsp3) is 0.768. The summed E-state index contributed by atoms with van der Waals surface area (Å²) in [5.41, 5.74) is -5.66. The third kappa shape index (κ3) is 18.2. The van der Waals surface area contributed by atoms with Gasteiger partial charge in [0.1, 0.15) is 49.3 Å². The summed E-state index contributed by atoms with van der Waals surface area (Å²) in [5, 5.41) is 58.3. The summed E-state index contributed by atoms with van der Waals surface area (Å²) in [7, 11) is 0.923. The second-order valence-corrected chi connectivity index (χ2v) is 26.3. The molecule has 0 unspecified atom stereocenters. The Morgan fingerprint density at radius 1 is 0.659 bits per heavy atom. The van der Waals surface area contributed by atoms with Crippen LogP contribution in [0.4, 0.5) is 0 Å². The van der Waals surface area contributed by atoms with Crippen molar-refractivity contribution in [2.45, 2.75) is 221 Å². The fourth-order valence-electron chi connectivity index (χ4n) is 8.10. The third-order valence-electron chi connectivity index (χ3n) is 13.1. The lowest BCUT2D eigenvalue weighted by molar-refractivity contribution is -0.370. The topological polar surface area (TPSA) is 343 Å². The number of esters is 6. The van der Waals surface area contributed by atoms with E-state index in [1.165, 1.54) is 62.3 Å². The molecule has 6 N–H and O–H groups in total. The molecule has 3 saturated heterocycles. The van der Waals surface area contributed by atoms with Gasteiger partial charge in [0.15, 0.2) is 37.0 Å². The molecule has 3 aliphatic rings. The van der Waals surface area contributed by atoms with Crippen LogP contribution in [-0.2, 0) is 97.0 Å². The van der Waals surface area contributed by atoms with Crippen LogP contribution in [0.15, 0.2) is 24.3 Å². The number of carbonyl (C=O) groups is 7. The zero-order valence-corrected chi connectivity index (χ0v) is 50.6. The van der Waals surface area contributed by atoms with Gasteiger partial charge in [0, 0.05) is 18.4 Å². The Kier molecular flexibility index (Phi) is 23.5. The second-order valence-electron chi connectivity index (χ2n) is 25.8. The van der Waals surface area contributed by atoms with E-state index in [9.17, 15) is 59.1 Å². The first-order valence-electron chi connectivity index (χ1n) is 26.9. The van der Waals surface area contributed by atoms with Crippen LogP contribution in [0.3, 0.4) is 0 Å². The van der Waals surface area contributed by atoms with E-state index in [0.29, 0.717) is 10.6 Å². The van der Waals surface area contributed by atoms with E-state index in [-0.39, 0.29) is 6.61 Å². The van der Waals surface area contributed by atoms with Crippen LogP contribution >= 0.6 is 11.6 Å². The highest BCUT2D eigenvalue weighted by Crippen LogP contribution is 2.40. The van der Waals surface area contributed by atoms with E-state index in [0.717, 1.165) is 14.0 Å². The van der Waals surface area contributed by atoms with Gasteiger partial charge in [0.25, 0.3) is 5.79 Å². The standard InChI is InChI=1S/C56H86ClNO24/c1-27(60)58-34-30(61)22-56(50(70)71-17,82-38(34)35(63)31(62)23-59)74-26-32-36(64)39(78-46(66)52(5,6)7)41(80-48(68)54(11,12)13)44(75-32)77-37-33(25-73-45(65)51(2,3)4)76-43(72-24-28-18-20-29(57)21-19-28)42(81-49(69)55(14,15)16)40(37)79-47(67)53(8,9)10/h18-21,30-44,59,61-64H,22-26H2,1-17H3,(H,58,60)/t30-,31+,32+,33+,34+,35+,36-,37+,38+,39-,40-,41+,42+,43+,44-,56+/m0/s1. The van der Waals surface area contributed by atoms with Crippen LogP contribution < -0.4 is 5.32 Å². The van der Waals surface area contributed by atoms with Crippen LogP contribution in [0.1, 0.15) is 123 Å². The molecule has 0 saturated carbocycles. The molecule has 4 rings (SSSR count). The van der Waals surface area contributed by atoms with Gasteiger partial charge in [-0.3, -0.25) is 28.8 Å². The van der Waals surface area contributed by atoms with Gasteiger partial charge in [-0.2, -0.15) is 0 Å². The quantitative estimate of drug-likeness (QED) is 0.0856. The number of ether oxygens (including phenoxy) is 12. The minimum Gasteiger partial charge on any atom is -0.465 e. The lowest BCUT2D eigenvalue weighted by atomic mass is 9.88. The number of aliphatic hydroxyl groups excluding tert-OH is 5. The summed E-state index contributed by atoms with van der Waals surface area (Å²) in [5.74, 6) is -9.24. The summed E-state index contributed by atoms with van der Waals surface area (Å²) in [6, 6.07) is 4.99. The van der Waals surface area contributed by atoms with Gasteiger partial charge in [-0.25, -0.2) is 4.79 Å². The minimum absolute atomic E-state index is 0.217. The first-order valence-corrected chi connectivity index (χ1v) is 27.3. The Balaban J connectivity index is 2.03. The summed E-state index contributed by atoms with van der Waals surface area (Å²) >= 11 is 6.18. The van der Waals surface area contributed by atoms with Crippen LogP contribution in [-0.4, -0.2) is 192 Å². The van der Waals surface area contributed by atoms with Crippen LogP contribution in [0.5, 0.6) is 0 Å². The molecule has 16 atom stereocenters. The third-order valence-corrected chi connectivity index (χ3v) is 13.3. The van der Waals surface area contributed by atoms with Crippen molar-refractivity contribution in [3.8, 4) is 0 Å². The van der Waals surface area contributed by atoms with Crippen molar-refractivity contribution < 1.29 is 116 Å². The SMILES string of the molecule is COC(=O)[C@@]1(OC[C@H]2O[C@@H](O[C@H]3[C@H](OC(=O)C(C)(C)C)[C@@H](OC(=O)C(C)(C)C)[C@H](OCc4ccc(Cl)cc4)O[C@@H]3COC(=O)C(C)(C)C)[C@H](OC(=O)C(C)(C)C)[C@@H](OC(=O)C(C)(C)C)[C@H]2O)C[C@H](O)[C@@H](NC(C)=O)[C@H]([C@H](O)[C@H](O)CO)O1. The van der Waals surface area contributed by atoms with Crippen molar-refractivity contribution >= 4 is 53.3 Å². The molecule has 82 heavy (non-hydrogen) atoms. The molecule has 3 aliphatic heterocycles. The van der Waals surface area contributed by atoms with Gasteiger partial charge in [-0.05, 0) is 122 Å². The Morgan fingerprint density at radius 2 is 1.12 bits per heavy atom. The first-order chi connectivity index (χ1) is 37.6. The molecule has 1 aromatic rings. The summed E-state index contributed by atoms with van der Waals surface area (Å²) in [6.07, 6.45) is -27.4. The highest BCUT2D eigenvalue weighted by atomic mass is 35.5. The number of nitrogens with one attached hydrogen (secondary N) is 1. The smallest absolute Gasteiger partial charge is 0.366 e. The molecular weight excluding hydrogens is 1110 g/mol. The van der Waals surface area contributed by atoms with Crippen LogP contribution in [0.25, 0.3) is 0 Å². The van der Waals surface area contributed by atoms with Gasteiger partial charge in [-0.1, -0.05) is 23.7 Å². The number of methoxy groups -OCH3 is 1. The molecule has 0 aliphatic carbocycles. The van der Waals surface area contributed by atoms with E-state index < -0.39 is 193 Å². The number of amides is 1. The van der Waals surface area contributed by atoms with E-state index in [1.54, 1.807) is 65.8 Å². The van der Waals surface area contributed by atoms with E-state index in [1.807, 2.05) is 0 Å². The predicted octanol–water partition coefficient (Wildman–Crippen LogP) is 2.73. The Morgan fingerprint density at radius 3 is 1.59 bits per heavy atom. The lowest BCUT2D eigenvalue weighted by Gasteiger charge is -2.50. The summed E-state index contributed by atoms with van der Waals surface area (Å²) in [6.45, 7) is 21.1. The molecule has 1 amide bonds. The molecule has 25 nitrogen and oxygen atoms in total. The maximum atomic E-state index is 14.3. The zero-order chi connectivity index (χ0) is 62.4. The van der Waals surface area contributed by atoms with Gasteiger partial charge in [0.2, 0.25) is 5.91 Å². The highest BCUT2D eigenvalue weighted by Gasteiger charge is 2.61. The van der Waals surface area contributed by atoms with Gasteiger partial charge in [-0.15, -0.1) is 0 Å². The van der Waals surface area contributed by atoms with Gasteiger partial charge < -0.3 is 87.7 Å². The summed E-state index contributed by atoms with van der Waals surface area (Å²) < 4.78 is 74.0. The molecule has 3 heterocycles. The van der Waals surface area contributed by atoms with Crippen molar-refractivity contribution in [3.63, 3.8) is 0 Å². The van der Waals surface area contributed by atoms with E-state index in [4.69, 9.17) is 68.4 Å². The van der Waals surface area contributed by atoms with E-state index >= 15 is 0 Å². The second kappa shape index (κ2) is 27.6. The monoisotopic (exact) mass is 1190 g/mol. The zero-order valence-electron chi connectivity index (χ0n) is 49.9. The largest absolute Gasteiger partial charge is 0.465 e. The predicted molar refractivity (Wildman–Crippen MR) is 285 cm³/mol. The maximum absolute atomic E-state index is 14.3. The molecule has 0 spiro atoms. The Hall–Kier alpha value is -4.64. The molecule has 3 fully saturated rings.